The molecule has 3 aromatic rings. The summed E-state index contributed by atoms with van der Waals surface area (Å²) >= 11 is 3.17. The van der Waals surface area contributed by atoms with Crippen LogP contribution in [0.5, 0.6) is 0 Å². The summed E-state index contributed by atoms with van der Waals surface area (Å²) in [6, 6.07) is 12.1. The van der Waals surface area contributed by atoms with Gasteiger partial charge in [-0.2, -0.15) is 0 Å². The Bertz CT molecular complexity index is 891. The van der Waals surface area contributed by atoms with Gasteiger partial charge >= 0.3 is 0 Å². The lowest BCUT2D eigenvalue weighted by molar-refractivity contribution is -0.120. The molecule has 128 valence electrons. The maximum Gasteiger partial charge on any atom is 0.233 e. The van der Waals surface area contributed by atoms with Crippen molar-refractivity contribution in [1.29, 1.82) is 0 Å². The normalized spacial score (nSPS) is 15.2. The van der Waals surface area contributed by atoms with E-state index in [4.69, 9.17) is 9.97 Å². The topological polar surface area (TPSA) is 54.9 Å². The maximum absolute atomic E-state index is 12.4. The molecule has 1 aliphatic rings. The summed E-state index contributed by atoms with van der Waals surface area (Å²) in [5.74, 6) is 1.45. The second-order valence-electron chi connectivity index (χ2n) is 6.24. The number of thiophene rings is 1. The molecule has 6 heteroatoms. The molecular formula is C19H19N3OS2. The summed E-state index contributed by atoms with van der Waals surface area (Å²) in [7, 11) is 0. The summed E-state index contributed by atoms with van der Waals surface area (Å²) < 4.78 is 0. The predicted octanol–water partition coefficient (Wildman–Crippen LogP) is 4.37. The van der Waals surface area contributed by atoms with Crippen LogP contribution in [-0.2, 0) is 11.3 Å². The van der Waals surface area contributed by atoms with Crippen molar-refractivity contribution >= 4 is 39.9 Å². The van der Waals surface area contributed by atoms with Crippen molar-refractivity contribution in [2.24, 2.45) is 0 Å². The maximum atomic E-state index is 12.4. The molecule has 1 aromatic carbocycles. The Morgan fingerprint density at radius 1 is 1.28 bits per heavy atom. The SMILES string of the molecule is C[C@H](Sc1nc(C2CC2)nc2ccccc12)C(=O)NCc1cccs1. The lowest BCUT2D eigenvalue weighted by atomic mass is 10.2. The number of benzene rings is 1. The monoisotopic (exact) mass is 369 g/mol. The average Bonchev–Trinajstić information content (AvgIpc) is 3.35. The number of nitrogens with one attached hydrogen (secondary N) is 1. The lowest BCUT2D eigenvalue weighted by Gasteiger charge is -2.13. The van der Waals surface area contributed by atoms with Crippen molar-refractivity contribution in [1.82, 2.24) is 15.3 Å². The number of para-hydroxylation sites is 1. The van der Waals surface area contributed by atoms with Crippen molar-refractivity contribution in [2.75, 3.05) is 0 Å². The third-order valence-corrected chi connectivity index (χ3v) is 6.18. The summed E-state index contributed by atoms with van der Waals surface area (Å²) in [5.41, 5.74) is 0.966. The molecule has 1 saturated carbocycles. The first-order chi connectivity index (χ1) is 12.2. The number of hydrogen-bond acceptors (Lipinski definition) is 5. The van der Waals surface area contributed by atoms with Gasteiger partial charge in [-0.25, -0.2) is 9.97 Å². The molecule has 2 heterocycles. The van der Waals surface area contributed by atoms with E-state index in [9.17, 15) is 4.79 Å². The third-order valence-electron chi connectivity index (χ3n) is 4.20. The zero-order valence-corrected chi connectivity index (χ0v) is 15.6. The zero-order chi connectivity index (χ0) is 17.2. The van der Waals surface area contributed by atoms with E-state index in [0.717, 1.165) is 26.6 Å². The molecule has 0 radical (unpaired) electrons. The number of carbonyl (C=O) groups excluding carboxylic acids is 1. The van der Waals surface area contributed by atoms with Crippen LogP contribution < -0.4 is 5.32 Å². The molecule has 0 spiro atoms. The van der Waals surface area contributed by atoms with Gasteiger partial charge in [0.05, 0.1) is 17.3 Å². The van der Waals surface area contributed by atoms with E-state index >= 15 is 0 Å². The molecule has 0 unspecified atom stereocenters. The Morgan fingerprint density at radius 2 is 2.12 bits per heavy atom. The van der Waals surface area contributed by atoms with Gasteiger partial charge < -0.3 is 5.32 Å². The number of hydrogen-bond donors (Lipinski definition) is 1. The van der Waals surface area contributed by atoms with E-state index in [1.54, 1.807) is 11.3 Å². The van der Waals surface area contributed by atoms with E-state index in [0.29, 0.717) is 12.5 Å². The summed E-state index contributed by atoms with van der Waals surface area (Å²) in [6.45, 7) is 2.52. The van der Waals surface area contributed by atoms with Crippen molar-refractivity contribution in [3.63, 3.8) is 0 Å². The first-order valence-corrected chi connectivity index (χ1v) is 10.2. The Morgan fingerprint density at radius 3 is 2.88 bits per heavy atom. The summed E-state index contributed by atoms with van der Waals surface area (Å²) in [5, 5.41) is 6.76. The quantitative estimate of drug-likeness (QED) is 0.518. The fourth-order valence-corrected chi connectivity index (χ4v) is 4.25. The van der Waals surface area contributed by atoms with Crippen molar-refractivity contribution in [3.8, 4) is 0 Å². The van der Waals surface area contributed by atoms with E-state index in [1.807, 2.05) is 48.7 Å². The van der Waals surface area contributed by atoms with Crippen LogP contribution in [0.4, 0.5) is 0 Å². The number of thioether (sulfide) groups is 1. The number of aromatic nitrogens is 2. The van der Waals surface area contributed by atoms with E-state index < -0.39 is 0 Å². The van der Waals surface area contributed by atoms with Gasteiger partial charge in [0.1, 0.15) is 10.9 Å². The van der Waals surface area contributed by atoms with Crippen LogP contribution in [0.25, 0.3) is 10.9 Å². The van der Waals surface area contributed by atoms with Crippen molar-refractivity contribution in [2.45, 2.75) is 42.5 Å². The van der Waals surface area contributed by atoms with Gasteiger partial charge in [-0.1, -0.05) is 36.0 Å². The Kier molecular flexibility index (Phi) is 4.72. The highest BCUT2D eigenvalue weighted by Gasteiger charge is 2.28. The Hall–Kier alpha value is -1.92. The van der Waals surface area contributed by atoms with Gasteiger partial charge in [-0.05, 0) is 37.3 Å². The number of amides is 1. The standard InChI is InChI=1S/C19H19N3OS2/c1-12(18(23)20-11-14-5-4-10-24-14)25-19-15-6-2-3-7-16(15)21-17(22-19)13-8-9-13/h2-7,10,12-13H,8-9,11H2,1H3,(H,20,23)/t12-/m0/s1. The minimum atomic E-state index is -0.203. The second-order valence-corrected chi connectivity index (χ2v) is 8.60. The third kappa shape index (κ3) is 3.85. The van der Waals surface area contributed by atoms with Crippen LogP contribution in [0.15, 0.2) is 46.8 Å². The first kappa shape index (κ1) is 16.5. The Labute approximate surface area is 155 Å². The van der Waals surface area contributed by atoms with Gasteiger partial charge in [-0.3, -0.25) is 4.79 Å². The molecule has 1 N–H and O–H groups in total. The fraction of sp³-hybridized carbons (Fsp3) is 0.316. The summed E-state index contributed by atoms with van der Waals surface area (Å²) in [6.07, 6.45) is 2.33. The molecule has 1 amide bonds. The number of carbonyl (C=O) groups is 1. The van der Waals surface area contributed by atoms with E-state index in [1.165, 1.54) is 24.6 Å². The van der Waals surface area contributed by atoms with Crippen molar-refractivity contribution < 1.29 is 4.79 Å². The minimum absolute atomic E-state index is 0.0362. The van der Waals surface area contributed by atoms with Gasteiger partial charge in [0, 0.05) is 16.2 Å². The first-order valence-electron chi connectivity index (χ1n) is 8.44. The average molecular weight is 370 g/mol. The fourth-order valence-electron chi connectivity index (χ4n) is 2.63. The van der Waals surface area contributed by atoms with Crippen LogP contribution in [0, 0.1) is 0 Å². The number of rotatable bonds is 6. The van der Waals surface area contributed by atoms with Crippen LogP contribution in [0.2, 0.25) is 0 Å². The Balaban J connectivity index is 1.51. The molecule has 0 aliphatic heterocycles. The van der Waals surface area contributed by atoms with Gasteiger partial charge in [-0.15, -0.1) is 11.3 Å². The van der Waals surface area contributed by atoms with Gasteiger partial charge in [0.2, 0.25) is 5.91 Å². The highest BCUT2D eigenvalue weighted by Crippen LogP contribution is 2.40. The molecule has 1 atom stereocenters. The molecule has 0 bridgehead atoms. The molecule has 0 saturated heterocycles. The van der Waals surface area contributed by atoms with Crippen LogP contribution >= 0.6 is 23.1 Å². The lowest BCUT2D eigenvalue weighted by Crippen LogP contribution is -2.30. The highest BCUT2D eigenvalue weighted by molar-refractivity contribution is 8.00. The molecular weight excluding hydrogens is 350 g/mol. The van der Waals surface area contributed by atoms with E-state index in [-0.39, 0.29) is 11.2 Å². The van der Waals surface area contributed by atoms with Crippen LogP contribution in [-0.4, -0.2) is 21.1 Å². The second kappa shape index (κ2) is 7.14. The van der Waals surface area contributed by atoms with Gasteiger partial charge in [0.15, 0.2) is 0 Å². The van der Waals surface area contributed by atoms with E-state index in [2.05, 4.69) is 5.32 Å². The predicted molar refractivity (Wildman–Crippen MR) is 103 cm³/mol. The van der Waals surface area contributed by atoms with Crippen LogP contribution in [0.3, 0.4) is 0 Å². The molecule has 1 fully saturated rings. The zero-order valence-electron chi connectivity index (χ0n) is 13.9. The number of fused-ring (bicyclic) bond motifs is 1. The largest absolute Gasteiger partial charge is 0.350 e. The molecule has 2 aromatic heterocycles. The minimum Gasteiger partial charge on any atom is -0.350 e. The van der Waals surface area contributed by atoms with Crippen LogP contribution in [0.1, 0.15) is 36.4 Å². The molecule has 4 nitrogen and oxygen atoms in total. The molecule has 1 aliphatic carbocycles. The van der Waals surface area contributed by atoms with Crippen molar-refractivity contribution in [3.05, 3.63) is 52.5 Å². The highest BCUT2D eigenvalue weighted by atomic mass is 32.2. The molecule has 25 heavy (non-hydrogen) atoms. The smallest absolute Gasteiger partial charge is 0.233 e. The molecule has 4 rings (SSSR count). The van der Waals surface area contributed by atoms with Gasteiger partial charge in [0.25, 0.3) is 0 Å². The number of nitrogens with zero attached hydrogens (tertiary/aromatic N) is 2. The summed E-state index contributed by atoms with van der Waals surface area (Å²) in [4.78, 5) is 23.1.